The van der Waals surface area contributed by atoms with Crippen LogP contribution in [0.1, 0.15) is 19.3 Å². The van der Waals surface area contributed by atoms with Crippen LogP contribution in [0.3, 0.4) is 0 Å². The maximum Gasteiger partial charge on any atom is 0.216 e. The van der Waals surface area contributed by atoms with E-state index in [2.05, 4.69) is 0 Å². The number of sulfonamides is 1. The maximum atomic E-state index is 12.2. The predicted molar refractivity (Wildman–Crippen MR) is 66.4 cm³/mol. The highest BCUT2D eigenvalue weighted by Gasteiger charge is 2.28. The Balaban J connectivity index is 2.59. The third-order valence-electron chi connectivity index (χ3n) is 2.83. The molecule has 1 heterocycles. The maximum absolute atomic E-state index is 12.2. The zero-order valence-electron chi connectivity index (χ0n) is 10.7. The molecule has 1 atom stereocenters. The largest absolute Gasteiger partial charge is 0.383 e. The molecule has 7 heteroatoms. The molecule has 0 amide bonds. The van der Waals surface area contributed by atoms with Gasteiger partial charge in [-0.25, -0.2) is 8.42 Å². The normalized spacial score (nSPS) is 20.2. The molecule has 1 saturated heterocycles. The molecule has 18 heavy (non-hydrogen) atoms. The molecule has 0 aromatic rings. The van der Waals surface area contributed by atoms with Crippen molar-refractivity contribution in [1.82, 2.24) is 4.31 Å². The van der Waals surface area contributed by atoms with E-state index in [4.69, 9.17) is 14.7 Å². The molecule has 0 aromatic heterocycles. The molecule has 0 bridgehead atoms. The van der Waals surface area contributed by atoms with Gasteiger partial charge in [0, 0.05) is 33.2 Å². The van der Waals surface area contributed by atoms with Crippen molar-refractivity contribution in [3.8, 4) is 6.07 Å². The molecule has 0 spiro atoms. The molecule has 1 fully saturated rings. The van der Waals surface area contributed by atoms with E-state index in [1.807, 2.05) is 6.07 Å². The van der Waals surface area contributed by atoms with Crippen molar-refractivity contribution < 1.29 is 17.9 Å². The lowest BCUT2D eigenvalue weighted by atomic mass is 10.3. The van der Waals surface area contributed by atoms with E-state index in [1.54, 1.807) is 0 Å². The first-order valence-corrected chi connectivity index (χ1v) is 7.66. The van der Waals surface area contributed by atoms with E-state index >= 15 is 0 Å². The average molecular weight is 276 g/mol. The summed E-state index contributed by atoms with van der Waals surface area (Å²) in [5.41, 5.74) is 0. The van der Waals surface area contributed by atoms with Gasteiger partial charge in [-0.3, -0.25) is 0 Å². The van der Waals surface area contributed by atoms with Gasteiger partial charge < -0.3 is 9.47 Å². The van der Waals surface area contributed by atoms with Gasteiger partial charge in [0.1, 0.15) is 0 Å². The second-order valence-corrected chi connectivity index (χ2v) is 6.23. The number of rotatable bonds is 8. The Morgan fingerprint density at radius 1 is 1.50 bits per heavy atom. The van der Waals surface area contributed by atoms with Crippen LogP contribution in [0, 0.1) is 11.3 Å². The highest BCUT2D eigenvalue weighted by Crippen LogP contribution is 2.16. The number of hydrogen-bond donors (Lipinski definition) is 0. The van der Waals surface area contributed by atoms with Crippen LogP contribution in [-0.2, 0) is 19.5 Å². The standard InChI is InChI=1S/C11H20N2O4S/c1-16-9-7-13(6-3-5-12)18(14,15)10-11-4-2-8-17-11/h11H,2-4,6-10H2,1H3. The molecule has 0 aromatic carbocycles. The zero-order valence-corrected chi connectivity index (χ0v) is 11.5. The smallest absolute Gasteiger partial charge is 0.216 e. The van der Waals surface area contributed by atoms with Gasteiger partial charge >= 0.3 is 0 Å². The van der Waals surface area contributed by atoms with E-state index in [0.717, 1.165) is 12.8 Å². The van der Waals surface area contributed by atoms with Gasteiger partial charge in [0.05, 0.1) is 24.5 Å². The molecular weight excluding hydrogens is 256 g/mol. The molecule has 1 aliphatic rings. The monoisotopic (exact) mass is 276 g/mol. The second-order valence-electron chi connectivity index (χ2n) is 4.21. The van der Waals surface area contributed by atoms with Gasteiger partial charge in [-0.1, -0.05) is 0 Å². The fourth-order valence-corrected chi connectivity index (χ4v) is 3.54. The zero-order chi connectivity index (χ0) is 13.4. The molecule has 0 saturated carbocycles. The summed E-state index contributed by atoms with van der Waals surface area (Å²) in [5.74, 6) is 0.00213. The Kier molecular flexibility index (Phi) is 6.57. The third-order valence-corrected chi connectivity index (χ3v) is 4.78. The van der Waals surface area contributed by atoms with Crippen molar-refractivity contribution >= 4 is 10.0 Å². The lowest BCUT2D eigenvalue weighted by molar-refractivity contribution is 0.125. The van der Waals surface area contributed by atoms with Crippen LogP contribution >= 0.6 is 0 Å². The number of nitriles is 1. The van der Waals surface area contributed by atoms with Crippen molar-refractivity contribution in [2.75, 3.05) is 39.2 Å². The molecule has 104 valence electrons. The summed E-state index contributed by atoms with van der Waals surface area (Å²) in [4.78, 5) is 0. The lowest BCUT2D eigenvalue weighted by Crippen LogP contribution is -2.39. The second kappa shape index (κ2) is 7.69. The summed E-state index contributed by atoms with van der Waals surface area (Å²) in [6.07, 6.45) is 1.68. The number of methoxy groups -OCH3 is 1. The number of ether oxygens (including phenoxy) is 2. The highest BCUT2D eigenvalue weighted by molar-refractivity contribution is 7.89. The Bertz CT molecular complexity index is 371. The van der Waals surface area contributed by atoms with Gasteiger partial charge in [0.25, 0.3) is 0 Å². The van der Waals surface area contributed by atoms with Crippen molar-refractivity contribution in [2.45, 2.75) is 25.4 Å². The van der Waals surface area contributed by atoms with Crippen LogP contribution in [0.4, 0.5) is 0 Å². The van der Waals surface area contributed by atoms with Crippen LogP contribution in [-0.4, -0.2) is 58.0 Å². The summed E-state index contributed by atoms with van der Waals surface area (Å²) in [6, 6.07) is 1.96. The first kappa shape index (κ1) is 15.4. The number of hydrogen-bond acceptors (Lipinski definition) is 5. The van der Waals surface area contributed by atoms with Crippen LogP contribution in [0.5, 0.6) is 0 Å². The van der Waals surface area contributed by atoms with E-state index < -0.39 is 10.0 Å². The van der Waals surface area contributed by atoms with Gasteiger partial charge in [-0.2, -0.15) is 9.57 Å². The molecule has 1 rings (SSSR count). The molecule has 6 nitrogen and oxygen atoms in total. The Labute approximate surface area is 109 Å². The van der Waals surface area contributed by atoms with Crippen molar-refractivity contribution in [1.29, 1.82) is 5.26 Å². The van der Waals surface area contributed by atoms with Crippen LogP contribution in [0.25, 0.3) is 0 Å². The third kappa shape index (κ3) is 4.90. The van der Waals surface area contributed by atoms with Crippen LogP contribution in [0.2, 0.25) is 0 Å². The van der Waals surface area contributed by atoms with Crippen molar-refractivity contribution in [3.05, 3.63) is 0 Å². The molecule has 0 N–H and O–H groups in total. The Hall–Kier alpha value is -0.680. The highest BCUT2D eigenvalue weighted by atomic mass is 32.2. The SMILES string of the molecule is COCCN(CCC#N)S(=O)(=O)CC1CCCO1. The summed E-state index contributed by atoms with van der Waals surface area (Å²) < 4.78 is 35.9. The van der Waals surface area contributed by atoms with Crippen molar-refractivity contribution in [2.24, 2.45) is 0 Å². The summed E-state index contributed by atoms with van der Waals surface area (Å²) >= 11 is 0. The van der Waals surface area contributed by atoms with Crippen LogP contribution < -0.4 is 0 Å². The fourth-order valence-electron chi connectivity index (χ4n) is 1.87. The van der Waals surface area contributed by atoms with Gasteiger partial charge in [0.15, 0.2) is 0 Å². The minimum atomic E-state index is -3.37. The quantitative estimate of drug-likeness (QED) is 0.639. The summed E-state index contributed by atoms with van der Waals surface area (Å²) in [6.45, 7) is 1.47. The molecule has 1 aliphatic heterocycles. The van der Waals surface area contributed by atoms with Crippen molar-refractivity contribution in [3.63, 3.8) is 0 Å². The lowest BCUT2D eigenvalue weighted by Gasteiger charge is -2.22. The summed E-state index contributed by atoms with van der Waals surface area (Å²) in [7, 11) is -1.85. The topological polar surface area (TPSA) is 79.6 Å². The Morgan fingerprint density at radius 3 is 2.83 bits per heavy atom. The molecular formula is C11H20N2O4S. The number of nitrogens with zero attached hydrogens (tertiary/aromatic N) is 2. The first-order valence-electron chi connectivity index (χ1n) is 6.05. The van der Waals surface area contributed by atoms with Gasteiger partial charge in [-0.05, 0) is 12.8 Å². The average Bonchev–Trinajstić information content (AvgIpc) is 2.81. The molecule has 0 radical (unpaired) electrons. The molecule has 0 aliphatic carbocycles. The van der Waals surface area contributed by atoms with Gasteiger partial charge in [-0.15, -0.1) is 0 Å². The van der Waals surface area contributed by atoms with Crippen LogP contribution in [0.15, 0.2) is 0 Å². The van der Waals surface area contributed by atoms with E-state index in [9.17, 15) is 8.42 Å². The summed E-state index contributed by atoms with van der Waals surface area (Å²) in [5, 5.41) is 8.56. The minimum Gasteiger partial charge on any atom is -0.383 e. The minimum absolute atomic E-state index is 0.00213. The van der Waals surface area contributed by atoms with E-state index in [-0.39, 0.29) is 31.4 Å². The predicted octanol–water partition coefficient (Wildman–Crippen LogP) is 0.357. The first-order chi connectivity index (χ1) is 8.60. The van der Waals surface area contributed by atoms with E-state index in [0.29, 0.717) is 13.2 Å². The van der Waals surface area contributed by atoms with E-state index in [1.165, 1.54) is 11.4 Å². The molecule has 1 unspecified atom stereocenters. The van der Waals surface area contributed by atoms with Gasteiger partial charge in [0.2, 0.25) is 10.0 Å². The Morgan fingerprint density at radius 2 is 2.28 bits per heavy atom. The fraction of sp³-hybridized carbons (Fsp3) is 0.909.